The average molecular weight is 391 g/mol. The second kappa shape index (κ2) is 7.94. The molecule has 2 aromatic rings. The number of carbonyl (C=O) groups is 2. The largest absolute Gasteiger partial charge is 0.416 e. The van der Waals surface area contributed by atoms with E-state index in [2.05, 4.69) is 16.7 Å². The number of rotatable bonds is 3. The lowest BCUT2D eigenvalue weighted by molar-refractivity contribution is -0.225. The van der Waals surface area contributed by atoms with Crippen LogP contribution < -0.4 is 10.6 Å². The van der Waals surface area contributed by atoms with E-state index in [1.807, 2.05) is 30.3 Å². The van der Waals surface area contributed by atoms with Crippen molar-refractivity contribution in [3.05, 3.63) is 64.7 Å². The Balaban J connectivity index is 1.78. The number of nitrogens with one attached hydrogen (secondary N) is 2. The second-order valence-electron chi connectivity index (χ2n) is 7.09. The van der Waals surface area contributed by atoms with Gasteiger partial charge in [0.2, 0.25) is 0 Å². The lowest BCUT2D eigenvalue weighted by Gasteiger charge is -2.32. The molecule has 0 bridgehead atoms. The summed E-state index contributed by atoms with van der Waals surface area (Å²) >= 11 is 0. The summed E-state index contributed by atoms with van der Waals surface area (Å²) in [6.45, 7) is 1.30. The molecule has 2 aromatic carbocycles. The molecule has 2 aliphatic heterocycles. The Labute approximate surface area is 168 Å². The lowest BCUT2D eigenvalue weighted by atomic mass is 9.93. The Bertz CT molecular complexity index is 964. The maximum absolute atomic E-state index is 12.2. The molecule has 1 spiro atoms. The van der Waals surface area contributed by atoms with E-state index in [1.54, 1.807) is 12.1 Å². The first-order valence-corrected chi connectivity index (χ1v) is 9.60. The van der Waals surface area contributed by atoms with E-state index in [1.165, 1.54) is 0 Å². The summed E-state index contributed by atoms with van der Waals surface area (Å²) in [5.41, 5.74) is 3.65. The third-order valence-electron chi connectivity index (χ3n) is 5.16. The van der Waals surface area contributed by atoms with Crippen LogP contribution in [0.15, 0.2) is 42.5 Å². The fraction of sp³-hybridized carbons (Fsp3) is 0.318. The summed E-state index contributed by atoms with van der Waals surface area (Å²) in [7, 11) is 0. The van der Waals surface area contributed by atoms with Gasteiger partial charge in [-0.1, -0.05) is 30.3 Å². The van der Waals surface area contributed by atoms with Crippen LogP contribution in [0.4, 0.5) is 5.69 Å². The van der Waals surface area contributed by atoms with Gasteiger partial charge in [-0.2, -0.15) is 5.26 Å². The van der Waals surface area contributed by atoms with Crippen molar-refractivity contribution >= 4 is 17.6 Å². The van der Waals surface area contributed by atoms with E-state index >= 15 is 0 Å². The molecule has 0 amide bonds. The highest BCUT2D eigenvalue weighted by molar-refractivity contribution is 5.80. The molecule has 0 radical (unpaired) electrons. The van der Waals surface area contributed by atoms with E-state index in [4.69, 9.17) is 9.47 Å². The van der Waals surface area contributed by atoms with Gasteiger partial charge in [0.1, 0.15) is 6.07 Å². The van der Waals surface area contributed by atoms with Gasteiger partial charge in [0.25, 0.3) is 5.79 Å². The van der Waals surface area contributed by atoms with Crippen molar-refractivity contribution in [3.63, 3.8) is 0 Å². The summed E-state index contributed by atoms with van der Waals surface area (Å²) in [5, 5.41) is 16.2. The fourth-order valence-corrected chi connectivity index (χ4v) is 3.78. The fourth-order valence-electron chi connectivity index (χ4n) is 3.78. The molecule has 1 fully saturated rings. The van der Waals surface area contributed by atoms with Crippen LogP contribution in [0.5, 0.6) is 0 Å². The molecule has 7 nitrogen and oxygen atoms in total. The zero-order valence-electron chi connectivity index (χ0n) is 15.9. The SMILES string of the molecule is N#Cc1ccc2c(c1NCc1ccccc1)CCNCC21OC(=O)CCC(=O)O1. The Morgan fingerprint density at radius 3 is 2.45 bits per heavy atom. The highest BCUT2D eigenvalue weighted by Crippen LogP contribution is 2.39. The first-order chi connectivity index (χ1) is 14.1. The summed E-state index contributed by atoms with van der Waals surface area (Å²) in [4.78, 5) is 24.4. The minimum absolute atomic E-state index is 0.00862. The molecule has 0 aliphatic carbocycles. The van der Waals surface area contributed by atoms with Crippen molar-refractivity contribution in [1.29, 1.82) is 5.26 Å². The number of hydrogen-bond acceptors (Lipinski definition) is 7. The molecular formula is C22H21N3O4. The summed E-state index contributed by atoms with van der Waals surface area (Å²) in [6.07, 6.45) is 0.579. The standard InChI is InChI=1S/C22H21N3O4/c23-12-16-6-7-18-17(21(16)25-13-15-4-2-1-3-5-15)10-11-24-14-22(18)28-19(26)8-9-20(27)29-22/h1-7,24-25H,8-11,13-14H2. The van der Waals surface area contributed by atoms with Crippen LogP contribution in [-0.2, 0) is 37.8 Å². The van der Waals surface area contributed by atoms with Crippen molar-refractivity contribution in [2.24, 2.45) is 0 Å². The van der Waals surface area contributed by atoms with E-state index in [0.29, 0.717) is 36.3 Å². The lowest BCUT2D eigenvalue weighted by Crippen LogP contribution is -2.43. The van der Waals surface area contributed by atoms with Crippen LogP contribution >= 0.6 is 0 Å². The van der Waals surface area contributed by atoms with E-state index < -0.39 is 17.7 Å². The van der Waals surface area contributed by atoms with Crippen LogP contribution in [0.25, 0.3) is 0 Å². The van der Waals surface area contributed by atoms with Crippen LogP contribution in [-0.4, -0.2) is 25.0 Å². The van der Waals surface area contributed by atoms with Gasteiger partial charge in [-0.05, 0) is 36.2 Å². The van der Waals surface area contributed by atoms with Gasteiger partial charge in [-0.25, -0.2) is 0 Å². The first-order valence-electron chi connectivity index (χ1n) is 9.60. The topological polar surface area (TPSA) is 100 Å². The van der Waals surface area contributed by atoms with Crippen molar-refractivity contribution in [2.45, 2.75) is 31.6 Å². The van der Waals surface area contributed by atoms with Crippen molar-refractivity contribution in [3.8, 4) is 6.07 Å². The molecular weight excluding hydrogens is 370 g/mol. The first kappa shape index (κ1) is 19.0. The van der Waals surface area contributed by atoms with E-state index in [-0.39, 0.29) is 19.4 Å². The van der Waals surface area contributed by atoms with Crippen molar-refractivity contribution < 1.29 is 19.1 Å². The van der Waals surface area contributed by atoms with E-state index in [0.717, 1.165) is 11.1 Å². The molecule has 148 valence electrons. The van der Waals surface area contributed by atoms with E-state index in [9.17, 15) is 14.9 Å². The smallest absolute Gasteiger partial charge is 0.309 e. The van der Waals surface area contributed by atoms with Gasteiger partial charge in [0, 0.05) is 12.1 Å². The molecule has 2 N–H and O–H groups in total. The van der Waals surface area contributed by atoms with Gasteiger partial charge < -0.3 is 20.1 Å². The minimum Gasteiger partial charge on any atom is -0.416 e. The molecule has 0 atom stereocenters. The van der Waals surface area contributed by atoms with Gasteiger partial charge in [0.05, 0.1) is 30.6 Å². The zero-order valence-corrected chi connectivity index (χ0v) is 15.9. The maximum atomic E-state index is 12.2. The van der Waals surface area contributed by atoms with Crippen LogP contribution in [0, 0.1) is 11.3 Å². The predicted molar refractivity (Wildman–Crippen MR) is 105 cm³/mol. The third kappa shape index (κ3) is 3.80. The highest BCUT2D eigenvalue weighted by atomic mass is 16.7. The van der Waals surface area contributed by atoms with Crippen LogP contribution in [0.1, 0.15) is 35.1 Å². The number of esters is 2. The number of nitriles is 1. The molecule has 1 saturated heterocycles. The average Bonchev–Trinajstić information content (AvgIpc) is 3.00. The van der Waals surface area contributed by atoms with Gasteiger partial charge in [-0.3, -0.25) is 9.59 Å². The third-order valence-corrected chi connectivity index (χ3v) is 5.16. The quantitative estimate of drug-likeness (QED) is 0.775. The Morgan fingerprint density at radius 1 is 1.03 bits per heavy atom. The Kier molecular flexibility index (Phi) is 5.19. The molecule has 7 heteroatoms. The predicted octanol–water partition coefficient (Wildman–Crippen LogP) is 2.35. The van der Waals surface area contributed by atoms with Crippen LogP contribution in [0.3, 0.4) is 0 Å². The molecule has 4 rings (SSSR count). The number of hydrogen-bond donors (Lipinski definition) is 2. The van der Waals surface area contributed by atoms with Gasteiger partial charge in [-0.15, -0.1) is 0 Å². The van der Waals surface area contributed by atoms with Crippen LogP contribution in [0.2, 0.25) is 0 Å². The summed E-state index contributed by atoms with van der Waals surface area (Å²) in [5.74, 6) is -2.48. The van der Waals surface area contributed by atoms with Crippen molar-refractivity contribution in [2.75, 3.05) is 18.4 Å². The number of carbonyl (C=O) groups excluding carboxylic acids is 2. The Hall–Kier alpha value is -3.37. The molecule has 0 saturated carbocycles. The monoisotopic (exact) mass is 391 g/mol. The molecule has 0 unspecified atom stereocenters. The maximum Gasteiger partial charge on any atom is 0.309 e. The number of benzene rings is 2. The number of fused-ring (bicyclic) bond motifs is 2. The molecule has 2 heterocycles. The molecule has 0 aromatic heterocycles. The molecule has 29 heavy (non-hydrogen) atoms. The van der Waals surface area contributed by atoms with Crippen molar-refractivity contribution in [1.82, 2.24) is 5.32 Å². The second-order valence-corrected chi connectivity index (χ2v) is 7.09. The van der Waals surface area contributed by atoms with Gasteiger partial charge >= 0.3 is 11.9 Å². The number of nitrogens with zero attached hydrogens (tertiary/aromatic N) is 1. The Morgan fingerprint density at radius 2 is 1.76 bits per heavy atom. The summed E-state index contributed by atoms with van der Waals surface area (Å²) in [6, 6.07) is 15.5. The van der Waals surface area contributed by atoms with Gasteiger partial charge in [0.15, 0.2) is 0 Å². The number of anilines is 1. The minimum atomic E-state index is -1.52. The summed E-state index contributed by atoms with van der Waals surface area (Å²) < 4.78 is 11.3. The number of ether oxygens (including phenoxy) is 2. The molecule has 2 aliphatic rings. The highest BCUT2D eigenvalue weighted by Gasteiger charge is 2.46. The normalized spacial score (nSPS) is 17.9. The zero-order chi connectivity index (χ0) is 20.3.